The molecule has 188 valence electrons. The first-order chi connectivity index (χ1) is 16.7. The molecule has 11 nitrogen and oxygen atoms in total. The SMILES string of the molecule is COc1ccc2c(c1OC)C(=O)c1c(cc(C)c(O[C@@H]3O[C@H](CO)[C@@H](O)[C@H](O)[C@H]3O)c1OC)C2=O. The zero-order valence-electron chi connectivity index (χ0n) is 19.5. The van der Waals surface area contributed by atoms with E-state index >= 15 is 0 Å². The first-order valence-corrected chi connectivity index (χ1v) is 10.7. The van der Waals surface area contributed by atoms with Gasteiger partial charge in [-0.2, -0.15) is 0 Å². The molecular weight excluding hydrogens is 464 g/mol. The molecule has 0 spiro atoms. The number of aliphatic hydroxyl groups is 4. The van der Waals surface area contributed by atoms with Gasteiger partial charge in [0.05, 0.1) is 39.1 Å². The third kappa shape index (κ3) is 3.81. The summed E-state index contributed by atoms with van der Waals surface area (Å²) in [4.78, 5) is 27.0. The van der Waals surface area contributed by atoms with Gasteiger partial charge in [0.1, 0.15) is 24.4 Å². The minimum Gasteiger partial charge on any atom is -0.493 e. The van der Waals surface area contributed by atoms with Gasteiger partial charge in [-0.3, -0.25) is 9.59 Å². The summed E-state index contributed by atoms with van der Waals surface area (Å²) in [6.07, 6.45) is -7.64. The highest BCUT2D eigenvalue weighted by atomic mass is 16.7. The van der Waals surface area contributed by atoms with Crippen LogP contribution in [-0.2, 0) is 4.74 Å². The lowest BCUT2D eigenvalue weighted by molar-refractivity contribution is -0.277. The van der Waals surface area contributed by atoms with E-state index in [0.717, 1.165) is 0 Å². The van der Waals surface area contributed by atoms with Crippen molar-refractivity contribution in [2.45, 2.75) is 37.6 Å². The largest absolute Gasteiger partial charge is 0.493 e. The van der Waals surface area contributed by atoms with Gasteiger partial charge in [-0.25, -0.2) is 0 Å². The van der Waals surface area contributed by atoms with Crippen molar-refractivity contribution in [1.29, 1.82) is 0 Å². The number of ether oxygens (including phenoxy) is 5. The number of methoxy groups -OCH3 is 3. The second kappa shape index (κ2) is 9.44. The Balaban J connectivity index is 1.84. The van der Waals surface area contributed by atoms with E-state index in [4.69, 9.17) is 23.7 Å². The van der Waals surface area contributed by atoms with Gasteiger partial charge >= 0.3 is 0 Å². The van der Waals surface area contributed by atoms with Crippen molar-refractivity contribution in [3.8, 4) is 23.0 Å². The van der Waals surface area contributed by atoms with Crippen molar-refractivity contribution in [3.05, 3.63) is 46.0 Å². The number of benzene rings is 2. The van der Waals surface area contributed by atoms with Gasteiger partial charge in [0.15, 0.2) is 28.8 Å². The quantitative estimate of drug-likeness (QED) is 0.367. The molecule has 0 radical (unpaired) electrons. The van der Waals surface area contributed by atoms with E-state index in [0.29, 0.717) is 5.56 Å². The Morgan fingerprint density at radius 1 is 0.829 bits per heavy atom. The molecule has 4 N–H and O–H groups in total. The van der Waals surface area contributed by atoms with Gasteiger partial charge in [0, 0.05) is 11.1 Å². The average molecular weight is 490 g/mol. The number of aliphatic hydroxyl groups excluding tert-OH is 4. The van der Waals surface area contributed by atoms with Gasteiger partial charge < -0.3 is 44.1 Å². The number of aryl methyl sites for hydroxylation is 1. The van der Waals surface area contributed by atoms with Gasteiger partial charge in [-0.15, -0.1) is 0 Å². The van der Waals surface area contributed by atoms with Crippen LogP contribution < -0.4 is 18.9 Å². The first-order valence-electron chi connectivity index (χ1n) is 10.7. The van der Waals surface area contributed by atoms with E-state index in [1.165, 1.54) is 39.5 Å². The van der Waals surface area contributed by atoms with Crippen LogP contribution in [0.1, 0.15) is 37.4 Å². The number of hydrogen-bond donors (Lipinski definition) is 4. The number of carbonyl (C=O) groups is 2. The molecule has 1 saturated heterocycles. The summed E-state index contributed by atoms with van der Waals surface area (Å²) in [5.74, 6) is -0.766. The fourth-order valence-electron chi connectivity index (χ4n) is 4.41. The van der Waals surface area contributed by atoms with Crippen molar-refractivity contribution < 1.29 is 53.7 Å². The number of rotatable bonds is 6. The molecule has 1 aliphatic heterocycles. The first kappa shape index (κ1) is 24.9. The maximum Gasteiger partial charge on any atom is 0.229 e. The molecule has 4 rings (SSSR count). The molecule has 5 atom stereocenters. The summed E-state index contributed by atoms with van der Waals surface area (Å²) in [6, 6.07) is 4.48. The summed E-state index contributed by atoms with van der Waals surface area (Å²) >= 11 is 0. The third-order valence-electron chi connectivity index (χ3n) is 6.20. The number of ketones is 2. The van der Waals surface area contributed by atoms with Crippen LogP contribution in [-0.4, -0.2) is 90.6 Å². The molecule has 35 heavy (non-hydrogen) atoms. The van der Waals surface area contributed by atoms with Crippen LogP contribution in [0.5, 0.6) is 23.0 Å². The van der Waals surface area contributed by atoms with Crippen LogP contribution in [0.4, 0.5) is 0 Å². The Kier molecular flexibility index (Phi) is 6.71. The predicted molar refractivity (Wildman–Crippen MR) is 119 cm³/mol. The summed E-state index contributed by atoms with van der Waals surface area (Å²) < 4.78 is 27.4. The van der Waals surface area contributed by atoms with E-state index in [-0.39, 0.29) is 45.3 Å². The zero-order chi connectivity index (χ0) is 25.6. The average Bonchev–Trinajstić information content (AvgIpc) is 2.86. The van der Waals surface area contributed by atoms with Gasteiger partial charge in [0.25, 0.3) is 0 Å². The second-order valence-corrected chi connectivity index (χ2v) is 8.18. The fourth-order valence-corrected chi connectivity index (χ4v) is 4.41. The number of fused-ring (bicyclic) bond motifs is 2. The van der Waals surface area contributed by atoms with Crippen molar-refractivity contribution in [3.63, 3.8) is 0 Å². The van der Waals surface area contributed by atoms with Crippen LogP contribution in [0.15, 0.2) is 18.2 Å². The molecule has 0 bridgehead atoms. The Labute approximate surface area is 200 Å². The summed E-state index contributed by atoms with van der Waals surface area (Å²) in [6.45, 7) is 0.959. The van der Waals surface area contributed by atoms with Gasteiger partial charge in [-0.05, 0) is 30.7 Å². The van der Waals surface area contributed by atoms with E-state index in [1.807, 2.05) is 0 Å². The van der Waals surface area contributed by atoms with E-state index < -0.39 is 48.9 Å². The van der Waals surface area contributed by atoms with Gasteiger partial charge in [0.2, 0.25) is 12.1 Å². The van der Waals surface area contributed by atoms with Crippen LogP contribution in [0.25, 0.3) is 0 Å². The smallest absolute Gasteiger partial charge is 0.229 e. The van der Waals surface area contributed by atoms with Crippen molar-refractivity contribution in [2.75, 3.05) is 27.9 Å². The summed E-state index contributed by atoms with van der Waals surface area (Å²) in [5, 5.41) is 40.0. The van der Waals surface area contributed by atoms with Crippen molar-refractivity contribution >= 4 is 11.6 Å². The third-order valence-corrected chi connectivity index (χ3v) is 6.20. The molecule has 0 unspecified atom stereocenters. The van der Waals surface area contributed by atoms with Crippen molar-refractivity contribution in [1.82, 2.24) is 0 Å². The topological polar surface area (TPSA) is 161 Å². The molecule has 0 aromatic heterocycles. The van der Waals surface area contributed by atoms with Gasteiger partial charge in [-0.1, -0.05) is 0 Å². The number of hydrogen-bond acceptors (Lipinski definition) is 11. The van der Waals surface area contributed by atoms with Crippen LogP contribution in [0, 0.1) is 6.92 Å². The van der Waals surface area contributed by atoms with Crippen molar-refractivity contribution in [2.24, 2.45) is 0 Å². The van der Waals surface area contributed by atoms with Crippen LogP contribution in [0.2, 0.25) is 0 Å². The highest BCUT2D eigenvalue weighted by molar-refractivity contribution is 6.30. The Morgan fingerprint density at radius 3 is 2.09 bits per heavy atom. The Bertz CT molecular complexity index is 1170. The monoisotopic (exact) mass is 490 g/mol. The molecule has 1 aliphatic carbocycles. The van der Waals surface area contributed by atoms with Crippen LogP contribution in [0.3, 0.4) is 0 Å². The molecule has 1 fully saturated rings. The zero-order valence-corrected chi connectivity index (χ0v) is 19.5. The second-order valence-electron chi connectivity index (χ2n) is 8.18. The molecular formula is C24H26O11. The molecule has 0 amide bonds. The molecule has 0 saturated carbocycles. The maximum absolute atomic E-state index is 13.7. The normalized spacial score (nSPS) is 25.5. The highest BCUT2D eigenvalue weighted by Gasteiger charge is 2.46. The minimum atomic E-state index is -1.68. The van der Waals surface area contributed by atoms with E-state index in [9.17, 15) is 30.0 Å². The minimum absolute atomic E-state index is 0.00490. The molecule has 11 heteroatoms. The lowest BCUT2D eigenvalue weighted by Crippen LogP contribution is -2.60. The maximum atomic E-state index is 13.7. The lowest BCUT2D eigenvalue weighted by atomic mass is 9.81. The fraction of sp³-hybridized carbons (Fsp3) is 0.417. The lowest BCUT2D eigenvalue weighted by Gasteiger charge is -2.40. The molecule has 2 aromatic rings. The highest BCUT2D eigenvalue weighted by Crippen LogP contribution is 2.46. The standard InChI is InChI=1S/C24H26O11/c1-9-7-11-15(18(28)14-10(16(11)26)5-6-12(31-2)22(14)32-3)23(33-4)21(9)35-24-20(30)19(29)17(27)13(8-25)34-24/h5-7,13,17,19-20,24-25,27,29-30H,8H2,1-4H3/t13-,17-,19+,20-,24+/m1/s1. The summed E-state index contributed by atoms with van der Waals surface area (Å²) in [7, 11) is 4.04. The molecule has 2 aromatic carbocycles. The molecule has 1 heterocycles. The Hall–Kier alpha value is -3.22. The summed E-state index contributed by atoms with van der Waals surface area (Å²) in [5.41, 5.74) is 0.532. The van der Waals surface area contributed by atoms with E-state index in [2.05, 4.69) is 0 Å². The van der Waals surface area contributed by atoms with Crippen LogP contribution >= 0.6 is 0 Å². The Morgan fingerprint density at radius 2 is 1.49 bits per heavy atom. The number of carbonyl (C=O) groups excluding carboxylic acids is 2. The molecule has 2 aliphatic rings. The van der Waals surface area contributed by atoms with E-state index in [1.54, 1.807) is 6.92 Å². The predicted octanol–water partition coefficient (Wildman–Crippen LogP) is -0.0251.